The molecular weight excluding hydrogens is 188 g/mol. The Morgan fingerprint density at radius 3 is 2.57 bits per heavy atom. The maximum atomic E-state index is 2.28. The second-order valence-corrected chi connectivity index (χ2v) is 4.80. The number of allylic oxidation sites excluding steroid dienone is 7. The first-order valence-electron chi connectivity index (χ1n) is 5.13. The van der Waals surface area contributed by atoms with Crippen LogP contribution >= 0.6 is 11.8 Å². The molecular formula is C13H16S. The molecule has 0 heterocycles. The zero-order chi connectivity index (χ0) is 9.80. The fourth-order valence-corrected chi connectivity index (χ4v) is 2.81. The van der Waals surface area contributed by atoms with Crippen LogP contribution in [-0.2, 0) is 0 Å². The molecule has 0 aromatic carbocycles. The van der Waals surface area contributed by atoms with Crippen LogP contribution in [0.3, 0.4) is 0 Å². The van der Waals surface area contributed by atoms with E-state index in [0.717, 1.165) is 12.8 Å². The molecule has 0 saturated heterocycles. The lowest BCUT2D eigenvalue weighted by atomic mass is 10.0. The topological polar surface area (TPSA) is 0 Å². The van der Waals surface area contributed by atoms with Crippen molar-refractivity contribution in [2.75, 3.05) is 6.26 Å². The van der Waals surface area contributed by atoms with Crippen LogP contribution in [0.5, 0.6) is 0 Å². The van der Waals surface area contributed by atoms with Gasteiger partial charge >= 0.3 is 0 Å². The average molecular weight is 204 g/mol. The highest BCUT2D eigenvalue weighted by Crippen LogP contribution is 2.30. The van der Waals surface area contributed by atoms with E-state index in [4.69, 9.17) is 0 Å². The molecule has 2 aliphatic rings. The Hall–Kier alpha value is -0.690. The summed E-state index contributed by atoms with van der Waals surface area (Å²) in [5.74, 6) is 0. The molecule has 0 aromatic heterocycles. The van der Waals surface area contributed by atoms with Gasteiger partial charge in [-0.3, -0.25) is 0 Å². The molecule has 0 fully saturated rings. The van der Waals surface area contributed by atoms with E-state index >= 15 is 0 Å². The summed E-state index contributed by atoms with van der Waals surface area (Å²) in [4.78, 5) is 0. The van der Waals surface area contributed by atoms with E-state index in [1.54, 1.807) is 11.1 Å². The highest BCUT2D eigenvalue weighted by Gasteiger charge is 2.15. The summed E-state index contributed by atoms with van der Waals surface area (Å²) in [5.41, 5.74) is 3.17. The molecule has 0 radical (unpaired) electrons. The van der Waals surface area contributed by atoms with Crippen molar-refractivity contribution < 1.29 is 0 Å². The van der Waals surface area contributed by atoms with Gasteiger partial charge in [0.15, 0.2) is 0 Å². The van der Waals surface area contributed by atoms with Gasteiger partial charge in [0.2, 0.25) is 0 Å². The Morgan fingerprint density at radius 1 is 1.21 bits per heavy atom. The van der Waals surface area contributed by atoms with Crippen molar-refractivity contribution in [1.29, 1.82) is 0 Å². The molecule has 74 valence electrons. The first-order chi connectivity index (χ1) is 6.90. The minimum atomic E-state index is 0.691. The molecule has 2 rings (SSSR count). The Labute approximate surface area is 90.5 Å². The third kappa shape index (κ3) is 2.21. The van der Waals surface area contributed by atoms with Crippen molar-refractivity contribution >= 4 is 11.8 Å². The van der Waals surface area contributed by atoms with Gasteiger partial charge in [0.1, 0.15) is 0 Å². The lowest BCUT2D eigenvalue weighted by Gasteiger charge is -2.16. The molecule has 0 nitrogen and oxygen atoms in total. The number of hydrogen-bond acceptors (Lipinski definition) is 1. The van der Waals surface area contributed by atoms with Crippen LogP contribution in [0.15, 0.2) is 47.6 Å². The first kappa shape index (κ1) is 9.85. The number of rotatable bonds is 4. The molecule has 0 spiro atoms. The maximum Gasteiger partial charge on any atom is 0.0297 e. The largest absolute Gasteiger partial charge is 0.157 e. The molecule has 0 aromatic rings. The fraction of sp³-hybridized carbons (Fsp3) is 0.385. The van der Waals surface area contributed by atoms with Crippen molar-refractivity contribution in [1.82, 2.24) is 0 Å². The fourth-order valence-electron chi connectivity index (χ4n) is 1.95. The highest BCUT2D eigenvalue weighted by molar-refractivity contribution is 7.99. The van der Waals surface area contributed by atoms with Gasteiger partial charge in [-0.1, -0.05) is 47.6 Å². The second kappa shape index (κ2) is 4.70. The van der Waals surface area contributed by atoms with Crippen LogP contribution in [-0.4, -0.2) is 11.5 Å². The second-order valence-electron chi connectivity index (χ2n) is 3.76. The standard InChI is InChI=1S/C13H16S/c1-14-13(12-8-4-5-9-12)10-11-6-2-3-7-11/h2-6,8,13H,7,9-10H2,1H3. The van der Waals surface area contributed by atoms with E-state index in [1.807, 2.05) is 11.8 Å². The summed E-state index contributed by atoms with van der Waals surface area (Å²) in [7, 11) is 0. The monoisotopic (exact) mass is 204 g/mol. The molecule has 0 saturated carbocycles. The zero-order valence-corrected chi connectivity index (χ0v) is 9.39. The molecule has 0 amide bonds. The van der Waals surface area contributed by atoms with Crippen molar-refractivity contribution in [3.8, 4) is 0 Å². The van der Waals surface area contributed by atoms with Gasteiger partial charge in [-0.15, -0.1) is 0 Å². The summed E-state index contributed by atoms with van der Waals surface area (Å²) in [6, 6.07) is 0. The highest BCUT2D eigenvalue weighted by atomic mass is 32.2. The maximum absolute atomic E-state index is 2.28. The van der Waals surface area contributed by atoms with Crippen LogP contribution in [0.2, 0.25) is 0 Å². The third-order valence-corrected chi connectivity index (χ3v) is 3.83. The van der Waals surface area contributed by atoms with Crippen LogP contribution in [0.4, 0.5) is 0 Å². The average Bonchev–Trinajstić information content (AvgIpc) is 2.86. The van der Waals surface area contributed by atoms with Crippen molar-refractivity contribution in [2.45, 2.75) is 24.5 Å². The van der Waals surface area contributed by atoms with Crippen molar-refractivity contribution in [3.05, 3.63) is 47.6 Å². The van der Waals surface area contributed by atoms with Gasteiger partial charge in [0.05, 0.1) is 0 Å². The SMILES string of the molecule is CSC(CC1=CC=CC1)C1=CC=CC1. The van der Waals surface area contributed by atoms with Gasteiger partial charge in [0.25, 0.3) is 0 Å². The van der Waals surface area contributed by atoms with Gasteiger partial charge < -0.3 is 0 Å². The molecule has 2 aliphatic carbocycles. The van der Waals surface area contributed by atoms with Crippen LogP contribution in [0.1, 0.15) is 19.3 Å². The molecule has 0 N–H and O–H groups in total. The van der Waals surface area contributed by atoms with E-state index in [0.29, 0.717) is 5.25 Å². The Morgan fingerprint density at radius 2 is 2.00 bits per heavy atom. The van der Waals surface area contributed by atoms with E-state index < -0.39 is 0 Å². The van der Waals surface area contributed by atoms with E-state index in [2.05, 4.69) is 42.7 Å². The summed E-state index contributed by atoms with van der Waals surface area (Å²) in [6.45, 7) is 0. The first-order valence-corrected chi connectivity index (χ1v) is 6.42. The lowest BCUT2D eigenvalue weighted by molar-refractivity contribution is 0.907. The smallest absolute Gasteiger partial charge is 0.0297 e. The molecule has 0 aliphatic heterocycles. The van der Waals surface area contributed by atoms with Crippen molar-refractivity contribution in [3.63, 3.8) is 0 Å². The van der Waals surface area contributed by atoms with Gasteiger partial charge in [0, 0.05) is 5.25 Å². The molecule has 1 atom stereocenters. The Kier molecular flexibility index (Phi) is 3.30. The van der Waals surface area contributed by atoms with Crippen molar-refractivity contribution in [2.24, 2.45) is 0 Å². The molecule has 14 heavy (non-hydrogen) atoms. The van der Waals surface area contributed by atoms with Gasteiger partial charge in [-0.25, -0.2) is 0 Å². The summed E-state index contributed by atoms with van der Waals surface area (Å²) in [6.07, 6.45) is 19.2. The third-order valence-electron chi connectivity index (χ3n) is 2.79. The molecule has 0 bridgehead atoms. The molecule has 1 unspecified atom stereocenters. The van der Waals surface area contributed by atoms with Gasteiger partial charge in [-0.05, 0) is 25.5 Å². The minimum absolute atomic E-state index is 0.691. The minimum Gasteiger partial charge on any atom is -0.157 e. The number of thioether (sulfide) groups is 1. The predicted octanol–water partition coefficient (Wildman–Crippen LogP) is 3.88. The van der Waals surface area contributed by atoms with Gasteiger partial charge in [-0.2, -0.15) is 11.8 Å². The van der Waals surface area contributed by atoms with Crippen LogP contribution < -0.4 is 0 Å². The van der Waals surface area contributed by atoms with E-state index in [-0.39, 0.29) is 0 Å². The normalized spacial score (nSPS) is 21.2. The summed E-state index contributed by atoms with van der Waals surface area (Å²) < 4.78 is 0. The summed E-state index contributed by atoms with van der Waals surface area (Å²) >= 11 is 1.98. The molecule has 1 heteroatoms. The van der Waals surface area contributed by atoms with E-state index in [9.17, 15) is 0 Å². The Balaban J connectivity index is 1.93. The quantitative estimate of drug-likeness (QED) is 0.669. The van der Waals surface area contributed by atoms with E-state index in [1.165, 1.54) is 6.42 Å². The predicted molar refractivity (Wildman–Crippen MR) is 65.6 cm³/mol. The summed E-state index contributed by atoms with van der Waals surface area (Å²) in [5, 5.41) is 0.691. The van der Waals surface area contributed by atoms with Crippen LogP contribution in [0, 0.1) is 0 Å². The number of hydrogen-bond donors (Lipinski definition) is 0. The Bertz CT molecular complexity index is 318. The zero-order valence-electron chi connectivity index (χ0n) is 8.57. The lowest BCUT2D eigenvalue weighted by Crippen LogP contribution is -2.05. The van der Waals surface area contributed by atoms with Crippen LogP contribution in [0.25, 0.3) is 0 Å².